The number of carbonyl (C=O) groups excluding carboxylic acids is 1. The van der Waals surface area contributed by atoms with Crippen molar-refractivity contribution in [2.45, 2.75) is 12.8 Å². The molecule has 1 fully saturated rings. The number of ether oxygens (including phenoxy) is 2. The molecule has 28 heavy (non-hydrogen) atoms. The molecule has 1 heterocycles. The van der Waals surface area contributed by atoms with E-state index in [0.717, 1.165) is 5.56 Å². The monoisotopic (exact) mass is 383 g/mol. The first-order valence-electron chi connectivity index (χ1n) is 9.48. The zero-order valence-corrected chi connectivity index (χ0v) is 15.9. The van der Waals surface area contributed by atoms with E-state index in [1.807, 2.05) is 43.3 Å². The van der Waals surface area contributed by atoms with E-state index >= 15 is 0 Å². The van der Waals surface area contributed by atoms with E-state index in [-0.39, 0.29) is 18.4 Å². The Balaban J connectivity index is 1.77. The predicted octanol–water partition coefficient (Wildman–Crippen LogP) is 3.04. The fourth-order valence-electron chi connectivity index (χ4n) is 3.55. The molecule has 1 aliphatic heterocycles. The third-order valence-electron chi connectivity index (χ3n) is 4.96. The number of nitrogens with zero attached hydrogens (tertiary/aromatic N) is 1. The highest BCUT2D eigenvalue weighted by Crippen LogP contribution is 2.34. The van der Waals surface area contributed by atoms with E-state index in [4.69, 9.17) is 9.47 Å². The van der Waals surface area contributed by atoms with Crippen molar-refractivity contribution in [2.75, 3.05) is 32.9 Å². The molecular formula is C22H25NO5. The molecule has 0 spiro atoms. The van der Waals surface area contributed by atoms with E-state index in [1.54, 1.807) is 23.1 Å². The van der Waals surface area contributed by atoms with Crippen LogP contribution in [-0.2, 0) is 9.53 Å². The molecule has 0 radical (unpaired) electrons. The van der Waals surface area contributed by atoms with Crippen LogP contribution in [0.3, 0.4) is 0 Å². The molecule has 6 nitrogen and oxygen atoms in total. The Morgan fingerprint density at radius 1 is 1.04 bits per heavy atom. The quantitative estimate of drug-likeness (QED) is 0.709. The maximum atomic E-state index is 13.1. The van der Waals surface area contributed by atoms with Crippen molar-refractivity contribution in [1.82, 2.24) is 4.90 Å². The molecule has 3 rings (SSSR count). The average Bonchev–Trinajstić information content (AvgIpc) is 3.17. The van der Waals surface area contributed by atoms with Gasteiger partial charge in [0, 0.05) is 25.6 Å². The summed E-state index contributed by atoms with van der Waals surface area (Å²) in [5.41, 5.74) is 1.38. The second kappa shape index (κ2) is 9.37. The summed E-state index contributed by atoms with van der Waals surface area (Å²) in [5.74, 6) is -1.46. The lowest BCUT2D eigenvalue weighted by atomic mass is 9.89. The normalized spacial score (nSPS) is 18.8. The molecular weight excluding hydrogens is 358 g/mol. The number of carboxylic acid groups (broad SMARTS) is 1. The van der Waals surface area contributed by atoms with Crippen LogP contribution in [0.15, 0.2) is 54.6 Å². The number of hydrogen-bond acceptors (Lipinski definition) is 4. The van der Waals surface area contributed by atoms with Gasteiger partial charge in [0.2, 0.25) is 0 Å². The second-order valence-corrected chi connectivity index (χ2v) is 6.71. The molecule has 1 N–H and O–H groups in total. The van der Waals surface area contributed by atoms with Crippen LogP contribution >= 0.6 is 0 Å². The average molecular weight is 383 g/mol. The number of amides is 1. The van der Waals surface area contributed by atoms with Crippen LogP contribution in [-0.4, -0.2) is 54.8 Å². The standard InChI is InChI=1S/C22H25NO5/c1-2-27-12-13-28-20-11-7-6-10-17(20)21(24)23-14-18(19(15-23)22(25)26)16-8-4-3-5-9-16/h3-11,18-19H,2,12-15H2,1H3,(H,25,26)/t18-,19-/m0/s1. The number of carbonyl (C=O) groups is 2. The number of likely N-dealkylation sites (tertiary alicyclic amines) is 1. The van der Waals surface area contributed by atoms with Gasteiger partial charge in [0.15, 0.2) is 0 Å². The predicted molar refractivity (Wildman–Crippen MR) is 105 cm³/mol. The van der Waals surface area contributed by atoms with Crippen molar-refractivity contribution in [3.63, 3.8) is 0 Å². The van der Waals surface area contributed by atoms with E-state index in [0.29, 0.717) is 37.7 Å². The van der Waals surface area contributed by atoms with Gasteiger partial charge in [0.05, 0.1) is 18.1 Å². The smallest absolute Gasteiger partial charge is 0.308 e. The van der Waals surface area contributed by atoms with Crippen molar-refractivity contribution in [1.29, 1.82) is 0 Å². The molecule has 2 aromatic rings. The van der Waals surface area contributed by atoms with Gasteiger partial charge in [0.25, 0.3) is 5.91 Å². The highest BCUT2D eigenvalue weighted by atomic mass is 16.5. The third kappa shape index (κ3) is 4.51. The molecule has 0 aromatic heterocycles. The Kier molecular flexibility index (Phi) is 6.66. The Labute approximate surface area is 164 Å². The van der Waals surface area contributed by atoms with Crippen LogP contribution in [0, 0.1) is 5.92 Å². The topological polar surface area (TPSA) is 76.1 Å². The lowest BCUT2D eigenvalue weighted by Gasteiger charge is -2.19. The molecule has 0 saturated carbocycles. The largest absolute Gasteiger partial charge is 0.490 e. The SMILES string of the molecule is CCOCCOc1ccccc1C(=O)N1C[C@H](C(=O)O)[C@H](c2ccccc2)C1. The first kappa shape index (κ1) is 19.9. The maximum absolute atomic E-state index is 13.1. The molecule has 1 aliphatic rings. The summed E-state index contributed by atoms with van der Waals surface area (Å²) in [7, 11) is 0. The highest BCUT2D eigenvalue weighted by molar-refractivity contribution is 5.97. The fourth-order valence-corrected chi connectivity index (χ4v) is 3.55. The minimum atomic E-state index is -0.884. The second-order valence-electron chi connectivity index (χ2n) is 6.71. The molecule has 2 aromatic carbocycles. The van der Waals surface area contributed by atoms with Crippen LogP contribution in [0.1, 0.15) is 28.8 Å². The van der Waals surface area contributed by atoms with Gasteiger partial charge in [-0.1, -0.05) is 42.5 Å². The zero-order valence-electron chi connectivity index (χ0n) is 15.9. The van der Waals surface area contributed by atoms with Crippen LogP contribution in [0.4, 0.5) is 0 Å². The Morgan fingerprint density at radius 3 is 2.46 bits per heavy atom. The lowest BCUT2D eigenvalue weighted by molar-refractivity contribution is -0.141. The summed E-state index contributed by atoms with van der Waals surface area (Å²) in [6.45, 7) is 3.86. The molecule has 0 unspecified atom stereocenters. The van der Waals surface area contributed by atoms with E-state index in [9.17, 15) is 14.7 Å². The van der Waals surface area contributed by atoms with Crippen LogP contribution in [0.2, 0.25) is 0 Å². The molecule has 0 bridgehead atoms. The number of aliphatic carboxylic acids is 1. The van der Waals surface area contributed by atoms with Gasteiger partial charge >= 0.3 is 5.97 Å². The summed E-state index contributed by atoms with van der Waals surface area (Å²) >= 11 is 0. The molecule has 1 saturated heterocycles. The van der Waals surface area contributed by atoms with Gasteiger partial charge in [-0.05, 0) is 24.6 Å². The minimum Gasteiger partial charge on any atom is -0.490 e. The van der Waals surface area contributed by atoms with Crippen molar-refractivity contribution in [2.24, 2.45) is 5.92 Å². The van der Waals surface area contributed by atoms with E-state index in [1.165, 1.54) is 0 Å². The van der Waals surface area contributed by atoms with Crippen LogP contribution < -0.4 is 4.74 Å². The van der Waals surface area contributed by atoms with E-state index in [2.05, 4.69) is 0 Å². The minimum absolute atomic E-state index is 0.182. The van der Waals surface area contributed by atoms with Crippen molar-refractivity contribution >= 4 is 11.9 Å². The Hall–Kier alpha value is -2.86. The van der Waals surface area contributed by atoms with Gasteiger partial charge in [0.1, 0.15) is 12.4 Å². The summed E-state index contributed by atoms with van der Waals surface area (Å²) in [5, 5.41) is 9.66. The summed E-state index contributed by atoms with van der Waals surface area (Å²) in [6.07, 6.45) is 0. The third-order valence-corrected chi connectivity index (χ3v) is 4.96. The van der Waals surface area contributed by atoms with Gasteiger partial charge in [-0.25, -0.2) is 0 Å². The van der Waals surface area contributed by atoms with E-state index < -0.39 is 11.9 Å². The Morgan fingerprint density at radius 2 is 1.75 bits per heavy atom. The molecule has 0 aliphatic carbocycles. The fraction of sp³-hybridized carbons (Fsp3) is 0.364. The number of carboxylic acids is 1. The molecule has 148 valence electrons. The van der Waals surface area contributed by atoms with Crippen molar-refractivity contribution in [3.05, 3.63) is 65.7 Å². The lowest BCUT2D eigenvalue weighted by Crippen LogP contribution is -2.30. The zero-order chi connectivity index (χ0) is 19.9. The first-order chi connectivity index (χ1) is 13.6. The summed E-state index contributed by atoms with van der Waals surface area (Å²) < 4.78 is 11.0. The molecule has 6 heteroatoms. The highest BCUT2D eigenvalue weighted by Gasteiger charge is 2.41. The van der Waals surface area contributed by atoms with Crippen molar-refractivity contribution in [3.8, 4) is 5.75 Å². The number of rotatable bonds is 8. The van der Waals surface area contributed by atoms with Crippen LogP contribution in [0.25, 0.3) is 0 Å². The van der Waals surface area contributed by atoms with Gasteiger partial charge < -0.3 is 19.5 Å². The van der Waals surface area contributed by atoms with Gasteiger partial charge in [-0.2, -0.15) is 0 Å². The first-order valence-corrected chi connectivity index (χ1v) is 9.48. The van der Waals surface area contributed by atoms with Gasteiger partial charge in [-0.15, -0.1) is 0 Å². The van der Waals surface area contributed by atoms with Crippen LogP contribution in [0.5, 0.6) is 5.75 Å². The number of benzene rings is 2. The van der Waals surface area contributed by atoms with Gasteiger partial charge in [-0.3, -0.25) is 9.59 Å². The number of hydrogen-bond donors (Lipinski definition) is 1. The van der Waals surface area contributed by atoms with Crippen molar-refractivity contribution < 1.29 is 24.2 Å². The maximum Gasteiger partial charge on any atom is 0.308 e. The molecule has 2 atom stereocenters. The summed E-state index contributed by atoms with van der Waals surface area (Å²) in [6, 6.07) is 16.6. The Bertz CT molecular complexity index is 808. The number of para-hydroxylation sites is 1. The summed E-state index contributed by atoms with van der Waals surface area (Å²) in [4.78, 5) is 26.5. The molecule has 1 amide bonds.